The number of aryl methyl sites for hydroxylation is 1. The minimum Gasteiger partial charge on any atom is -0.350 e. The molecule has 1 fully saturated rings. The second-order valence-corrected chi connectivity index (χ2v) is 5.02. The van der Waals surface area contributed by atoms with Gasteiger partial charge in [-0.2, -0.15) is 0 Å². The fourth-order valence-corrected chi connectivity index (χ4v) is 2.24. The lowest BCUT2D eigenvalue weighted by molar-refractivity contribution is -0.385. The number of rotatable bonds is 4. The molecule has 1 N–H and O–H groups in total. The number of likely N-dealkylation sites (N-methyl/N-ethyl adjacent to an activating group) is 1. The van der Waals surface area contributed by atoms with E-state index in [2.05, 4.69) is 10.3 Å². The van der Waals surface area contributed by atoms with E-state index in [1.165, 1.54) is 6.07 Å². The Hall–Kier alpha value is -2.22. The molecule has 1 aromatic heterocycles. The molecule has 2 heterocycles. The van der Waals surface area contributed by atoms with Gasteiger partial charge in [0.2, 0.25) is 5.91 Å². The van der Waals surface area contributed by atoms with Crippen molar-refractivity contribution in [2.75, 3.05) is 44.7 Å². The molecule has 0 atom stereocenters. The lowest BCUT2D eigenvalue weighted by Crippen LogP contribution is -2.49. The lowest BCUT2D eigenvalue weighted by atomic mass is 10.3. The van der Waals surface area contributed by atoms with Crippen molar-refractivity contribution in [1.29, 1.82) is 0 Å². The van der Waals surface area contributed by atoms with Crippen molar-refractivity contribution in [3.63, 3.8) is 0 Å². The molecule has 0 saturated carbocycles. The molecule has 1 saturated heterocycles. The minimum atomic E-state index is -0.460. The first-order valence-electron chi connectivity index (χ1n) is 6.80. The molecule has 0 spiro atoms. The molecule has 114 valence electrons. The molecular weight excluding hydrogens is 274 g/mol. The molecule has 0 bridgehead atoms. The quantitative estimate of drug-likeness (QED) is 0.628. The summed E-state index contributed by atoms with van der Waals surface area (Å²) in [5, 5.41) is 14.0. The minimum absolute atomic E-state index is 0.0134. The molecule has 8 nitrogen and oxygen atoms in total. The summed E-state index contributed by atoms with van der Waals surface area (Å²) in [6, 6.07) is 2.99. The first-order valence-corrected chi connectivity index (χ1v) is 6.80. The first kappa shape index (κ1) is 15.2. The number of aromatic nitrogens is 1. The number of carbonyl (C=O) groups is 1. The second kappa shape index (κ2) is 6.49. The highest BCUT2D eigenvalue weighted by Crippen LogP contribution is 2.19. The number of amides is 1. The van der Waals surface area contributed by atoms with Gasteiger partial charge in [0.05, 0.1) is 11.5 Å². The van der Waals surface area contributed by atoms with E-state index in [-0.39, 0.29) is 18.1 Å². The van der Waals surface area contributed by atoms with E-state index in [1.54, 1.807) is 24.9 Å². The molecule has 1 amide bonds. The zero-order chi connectivity index (χ0) is 15.4. The van der Waals surface area contributed by atoms with Crippen LogP contribution < -0.4 is 10.2 Å². The van der Waals surface area contributed by atoms with Crippen LogP contribution in [0.5, 0.6) is 0 Å². The van der Waals surface area contributed by atoms with Crippen molar-refractivity contribution < 1.29 is 9.72 Å². The zero-order valence-electron chi connectivity index (χ0n) is 12.2. The van der Waals surface area contributed by atoms with Crippen LogP contribution >= 0.6 is 0 Å². The first-order chi connectivity index (χ1) is 9.99. The highest BCUT2D eigenvalue weighted by molar-refractivity contribution is 5.81. The Morgan fingerprint density at radius 2 is 2.14 bits per heavy atom. The van der Waals surface area contributed by atoms with Gasteiger partial charge in [-0.05, 0) is 13.0 Å². The molecular formula is C13H19N5O3. The maximum absolute atomic E-state index is 12.2. The summed E-state index contributed by atoms with van der Waals surface area (Å²) < 4.78 is 0. The SMILES string of the molecule is Cc1nc(N(C)CC(=O)N2CCNCC2)ccc1[N+](=O)[O-]. The fraction of sp³-hybridized carbons (Fsp3) is 0.538. The Kier molecular flexibility index (Phi) is 4.69. The zero-order valence-corrected chi connectivity index (χ0v) is 12.2. The number of nitro groups is 1. The number of nitrogens with one attached hydrogen (secondary N) is 1. The van der Waals surface area contributed by atoms with Crippen LogP contribution in [0.25, 0.3) is 0 Å². The topological polar surface area (TPSA) is 91.6 Å². The van der Waals surface area contributed by atoms with Gasteiger partial charge in [-0.15, -0.1) is 0 Å². The van der Waals surface area contributed by atoms with E-state index in [4.69, 9.17) is 0 Å². The van der Waals surface area contributed by atoms with Crippen molar-refractivity contribution in [3.05, 3.63) is 27.9 Å². The maximum Gasteiger partial charge on any atom is 0.290 e. The third-order valence-corrected chi connectivity index (χ3v) is 3.47. The van der Waals surface area contributed by atoms with Crippen molar-refractivity contribution in [2.24, 2.45) is 0 Å². The predicted molar refractivity (Wildman–Crippen MR) is 78.3 cm³/mol. The summed E-state index contributed by atoms with van der Waals surface area (Å²) in [5.74, 6) is 0.596. The van der Waals surface area contributed by atoms with Gasteiger partial charge in [-0.3, -0.25) is 14.9 Å². The van der Waals surface area contributed by atoms with Crippen LogP contribution in [-0.2, 0) is 4.79 Å². The Morgan fingerprint density at radius 1 is 1.48 bits per heavy atom. The smallest absolute Gasteiger partial charge is 0.290 e. The number of pyridine rings is 1. The van der Waals surface area contributed by atoms with Crippen molar-refractivity contribution in [3.8, 4) is 0 Å². The Bertz CT molecular complexity index is 543. The summed E-state index contributed by atoms with van der Waals surface area (Å²) in [6.07, 6.45) is 0. The fourth-order valence-electron chi connectivity index (χ4n) is 2.24. The van der Waals surface area contributed by atoms with Gasteiger partial charge >= 0.3 is 0 Å². The largest absolute Gasteiger partial charge is 0.350 e. The van der Waals surface area contributed by atoms with E-state index < -0.39 is 4.92 Å². The van der Waals surface area contributed by atoms with Crippen LogP contribution in [0.1, 0.15) is 5.69 Å². The van der Waals surface area contributed by atoms with Crippen LogP contribution in [0.15, 0.2) is 12.1 Å². The maximum atomic E-state index is 12.2. The molecule has 0 radical (unpaired) electrons. The van der Waals surface area contributed by atoms with Gasteiger partial charge < -0.3 is 15.1 Å². The van der Waals surface area contributed by atoms with Crippen LogP contribution in [0, 0.1) is 17.0 Å². The Morgan fingerprint density at radius 3 is 2.71 bits per heavy atom. The van der Waals surface area contributed by atoms with E-state index in [0.717, 1.165) is 13.1 Å². The summed E-state index contributed by atoms with van der Waals surface area (Å²) in [5.41, 5.74) is 0.333. The second-order valence-electron chi connectivity index (χ2n) is 5.02. The summed E-state index contributed by atoms with van der Waals surface area (Å²) in [6.45, 7) is 4.84. The molecule has 1 aliphatic heterocycles. The number of hydrogen-bond donors (Lipinski definition) is 1. The monoisotopic (exact) mass is 293 g/mol. The summed E-state index contributed by atoms with van der Waals surface area (Å²) in [7, 11) is 1.76. The molecule has 0 aliphatic carbocycles. The number of carbonyl (C=O) groups excluding carboxylic acids is 1. The predicted octanol–water partition coefficient (Wildman–Crippen LogP) is 0.166. The Labute approximate surface area is 122 Å². The van der Waals surface area contributed by atoms with Gasteiger partial charge in [0, 0.05) is 39.3 Å². The number of hydrogen-bond acceptors (Lipinski definition) is 6. The third kappa shape index (κ3) is 3.66. The molecule has 21 heavy (non-hydrogen) atoms. The highest BCUT2D eigenvalue weighted by atomic mass is 16.6. The Balaban J connectivity index is 2.02. The molecule has 1 aliphatic rings. The molecule has 1 aromatic rings. The molecule has 8 heteroatoms. The number of nitrogens with zero attached hydrogens (tertiary/aromatic N) is 4. The van der Waals surface area contributed by atoms with Crippen molar-refractivity contribution in [2.45, 2.75) is 6.92 Å². The van der Waals surface area contributed by atoms with Crippen LogP contribution in [-0.4, -0.2) is 60.5 Å². The summed E-state index contributed by atoms with van der Waals surface area (Å²) >= 11 is 0. The van der Waals surface area contributed by atoms with E-state index in [0.29, 0.717) is 24.6 Å². The standard InChI is InChI=1S/C13H19N5O3/c1-10-11(18(20)21)3-4-12(15-10)16(2)9-13(19)17-7-5-14-6-8-17/h3-4,14H,5-9H2,1-2H3. The normalized spacial score (nSPS) is 14.9. The number of anilines is 1. The van der Waals surface area contributed by atoms with Gasteiger partial charge in [0.1, 0.15) is 11.5 Å². The van der Waals surface area contributed by atoms with Crippen LogP contribution in [0.2, 0.25) is 0 Å². The van der Waals surface area contributed by atoms with Crippen LogP contribution in [0.4, 0.5) is 11.5 Å². The number of piperazine rings is 1. The molecule has 2 rings (SSSR count). The van der Waals surface area contributed by atoms with Crippen molar-refractivity contribution in [1.82, 2.24) is 15.2 Å². The third-order valence-electron chi connectivity index (χ3n) is 3.47. The van der Waals surface area contributed by atoms with Crippen molar-refractivity contribution >= 4 is 17.4 Å². The van der Waals surface area contributed by atoms with E-state index in [1.807, 2.05) is 4.90 Å². The van der Waals surface area contributed by atoms with E-state index in [9.17, 15) is 14.9 Å². The van der Waals surface area contributed by atoms with Gasteiger partial charge in [0.15, 0.2) is 0 Å². The average molecular weight is 293 g/mol. The highest BCUT2D eigenvalue weighted by Gasteiger charge is 2.19. The molecule has 0 aromatic carbocycles. The molecule has 0 unspecified atom stereocenters. The van der Waals surface area contributed by atoms with Gasteiger partial charge in [0.25, 0.3) is 5.69 Å². The lowest BCUT2D eigenvalue weighted by Gasteiger charge is -2.29. The van der Waals surface area contributed by atoms with Gasteiger partial charge in [-0.1, -0.05) is 0 Å². The van der Waals surface area contributed by atoms with E-state index >= 15 is 0 Å². The average Bonchev–Trinajstić information content (AvgIpc) is 2.47. The van der Waals surface area contributed by atoms with Crippen LogP contribution in [0.3, 0.4) is 0 Å². The summed E-state index contributed by atoms with van der Waals surface area (Å²) in [4.78, 5) is 30.2. The van der Waals surface area contributed by atoms with Gasteiger partial charge in [-0.25, -0.2) is 4.98 Å².